The molecule has 3 nitrogen and oxygen atoms in total. The van der Waals surface area contributed by atoms with Crippen LogP contribution >= 0.6 is 0 Å². The van der Waals surface area contributed by atoms with E-state index in [1.807, 2.05) is 0 Å². The molecule has 0 bridgehead atoms. The van der Waals surface area contributed by atoms with Gasteiger partial charge in [-0.05, 0) is 37.2 Å². The van der Waals surface area contributed by atoms with E-state index < -0.39 is 0 Å². The van der Waals surface area contributed by atoms with Crippen molar-refractivity contribution < 1.29 is 0 Å². The minimum absolute atomic E-state index is 0.0988. The first-order valence-electron chi connectivity index (χ1n) is 8.25. The zero-order valence-corrected chi connectivity index (χ0v) is 13.7. The van der Waals surface area contributed by atoms with Gasteiger partial charge in [-0.1, -0.05) is 40.5 Å². The lowest BCUT2D eigenvalue weighted by Crippen LogP contribution is -2.56. The van der Waals surface area contributed by atoms with Crippen molar-refractivity contribution in [3.63, 3.8) is 0 Å². The molecule has 1 fully saturated rings. The first kappa shape index (κ1) is 15.6. The molecular weight excluding hydrogens is 246 g/mol. The zero-order valence-electron chi connectivity index (χ0n) is 13.7. The molecule has 1 heterocycles. The Bertz CT molecular complexity index is 431. The van der Waals surface area contributed by atoms with Crippen molar-refractivity contribution in [3.05, 3.63) is 18.0 Å². The van der Waals surface area contributed by atoms with E-state index in [4.69, 9.17) is 10.8 Å². The first-order chi connectivity index (χ1) is 9.42. The lowest BCUT2D eigenvalue weighted by molar-refractivity contribution is 0.0979. The van der Waals surface area contributed by atoms with E-state index in [0.717, 1.165) is 31.4 Å². The standard InChI is InChI=1S/C17H31N3/c1-5-15(6-2)20-12-9-14(19-20)13-17(18)11-8-7-10-16(17,3)4/h9,12,15H,5-8,10-11,13,18H2,1-4H3. The van der Waals surface area contributed by atoms with Crippen LogP contribution in [-0.2, 0) is 6.42 Å². The van der Waals surface area contributed by atoms with Crippen LogP contribution in [0.2, 0.25) is 0 Å². The summed E-state index contributed by atoms with van der Waals surface area (Å²) in [5.41, 5.74) is 8.04. The van der Waals surface area contributed by atoms with Gasteiger partial charge in [0.05, 0.1) is 11.7 Å². The molecule has 0 aromatic carbocycles. The van der Waals surface area contributed by atoms with Crippen molar-refractivity contribution >= 4 is 0 Å². The molecule has 0 spiro atoms. The van der Waals surface area contributed by atoms with Crippen LogP contribution in [0.3, 0.4) is 0 Å². The molecule has 0 amide bonds. The third-order valence-corrected chi connectivity index (χ3v) is 5.50. The molecule has 1 unspecified atom stereocenters. The molecule has 20 heavy (non-hydrogen) atoms. The number of aromatic nitrogens is 2. The number of hydrogen-bond acceptors (Lipinski definition) is 2. The summed E-state index contributed by atoms with van der Waals surface area (Å²) in [6, 6.07) is 2.69. The van der Waals surface area contributed by atoms with Gasteiger partial charge < -0.3 is 5.73 Å². The fourth-order valence-corrected chi connectivity index (χ4v) is 3.58. The van der Waals surface area contributed by atoms with Crippen LogP contribution < -0.4 is 5.73 Å². The first-order valence-corrected chi connectivity index (χ1v) is 8.25. The molecule has 1 aromatic rings. The molecule has 0 aliphatic heterocycles. The summed E-state index contributed by atoms with van der Waals surface area (Å²) in [6.45, 7) is 9.10. The van der Waals surface area contributed by atoms with Gasteiger partial charge in [0, 0.05) is 18.2 Å². The normalized spacial score (nSPS) is 26.1. The predicted octanol–water partition coefficient (Wildman–Crippen LogP) is 4.08. The summed E-state index contributed by atoms with van der Waals surface area (Å²) in [5, 5.41) is 4.79. The van der Waals surface area contributed by atoms with Gasteiger partial charge in [-0.15, -0.1) is 0 Å². The van der Waals surface area contributed by atoms with Crippen molar-refractivity contribution in [2.75, 3.05) is 0 Å². The average molecular weight is 277 g/mol. The zero-order chi connectivity index (χ0) is 14.8. The van der Waals surface area contributed by atoms with Crippen molar-refractivity contribution in [1.82, 2.24) is 9.78 Å². The topological polar surface area (TPSA) is 43.8 Å². The molecule has 2 N–H and O–H groups in total. The monoisotopic (exact) mass is 277 g/mol. The summed E-state index contributed by atoms with van der Waals surface area (Å²) in [7, 11) is 0. The van der Waals surface area contributed by atoms with Crippen molar-refractivity contribution in [3.8, 4) is 0 Å². The Labute approximate surface area is 123 Å². The van der Waals surface area contributed by atoms with E-state index in [1.54, 1.807) is 0 Å². The average Bonchev–Trinajstić information content (AvgIpc) is 2.83. The highest BCUT2D eigenvalue weighted by Crippen LogP contribution is 2.43. The molecule has 1 aromatic heterocycles. The maximum Gasteiger partial charge on any atom is 0.0643 e. The number of nitrogens with zero attached hydrogens (tertiary/aromatic N) is 2. The lowest BCUT2D eigenvalue weighted by atomic mass is 9.62. The van der Waals surface area contributed by atoms with Gasteiger partial charge in [0.15, 0.2) is 0 Å². The van der Waals surface area contributed by atoms with Gasteiger partial charge in [0.1, 0.15) is 0 Å². The minimum Gasteiger partial charge on any atom is -0.324 e. The van der Waals surface area contributed by atoms with E-state index in [0.29, 0.717) is 6.04 Å². The van der Waals surface area contributed by atoms with Gasteiger partial charge in [-0.25, -0.2) is 0 Å². The Kier molecular flexibility index (Phi) is 4.58. The van der Waals surface area contributed by atoms with E-state index in [-0.39, 0.29) is 11.0 Å². The summed E-state index contributed by atoms with van der Waals surface area (Å²) in [5.74, 6) is 0. The molecule has 1 saturated carbocycles. The van der Waals surface area contributed by atoms with Crippen molar-refractivity contribution in [1.29, 1.82) is 0 Å². The smallest absolute Gasteiger partial charge is 0.0643 e. The Morgan fingerprint density at radius 1 is 1.25 bits per heavy atom. The van der Waals surface area contributed by atoms with Crippen LogP contribution in [-0.4, -0.2) is 15.3 Å². The Hall–Kier alpha value is -0.830. The minimum atomic E-state index is -0.0988. The van der Waals surface area contributed by atoms with Crippen molar-refractivity contribution in [2.45, 2.75) is 84.2 Å². The Balaban J connectivity index is 2.13. The highest BCUT2D eigenvalue weighted by molar-refractivity contribution is 5.11. The summed E-state index contributed by atoms with van der Waals surface area (Å²) >= 11 is 0. The maximum absolute atomic E-state index is 6.77. The number of nitrogens with two attached hydrogens (primary N) is 1. The van der Waals surface area contributed by atoms with Gasteiger partial charge in [-0.3, -0.25) is 4.68 Å². The molecule has 0 radical (unpaired) electrons. The summed E-state index contributed by atoms with van der Waals surface area (Å²) in [6.07, 6.45) is 10.2. The second-order valence-electron chi connectivity index (χ2n) is 7.18. The van der Waals surface area contributed by atoms with E-state index in [2.05, 4.69) is 44.6 Å². The number of rotatable bonds is 5. The van der Waals surface area contributed by atoms with E-state index >= 15 is 0 Å². The molecule has 1 aliphatic carbocycles. The van der Waals surface area contributed by atoms with Gasteiger partial charge in [-0.2, -0.15) is 5.10 Å². The molecule has 114 valence electrons. The highest BCUT2D eigenvalue weighted by Gasteiger charge is 2.43. The van der Waals surface area contributed by atoms with Crippen LogP contribution in [0.25, 0.3) is 0 Å². The highest BCUT2D eigenvalue weighted by atomic mass is 15.3. The van der Waals surface area contributed by atoms with Crippen LogP contribution in [0.15, 0.2) is 12.3 Å². The summed E-state index contributed by atoms with van der Waals surface area (Å²) in [4.78, 5) is 0. The predicted molar refractivity (Wildman–Crippen MR) is 84.7 cm³/mol. The van der Waals surface area contributed by atoms with E-state index in [1.165, 1.54) is 19.3 Å². The third-order valence-electron chi connectivity index (χ3n) is 5.50. The molecule has 3 heteroatoms. The van der Waals surface area contributed by atoms with Crippen LogP contribution in [0.1, 0.15) is 78.0 Å². The van der Waals surface area contributed by atoms with Gasteiger partial charge in [0.25, 0.3) is 0 Å². The molecule has 1 atom stereocenters. The van der Waals surface area contributed by atoms with Crippen LogP contribution in [0, 0.1) is 5.41 Å². The lowest BCUT2D eigenvalue weighted by Gasteiger charge is -2.47. The molecule has 0 saturated heterocycles. The Morgan fingerprint density at radius 3 is 2.50 bits per heavy atom. The second-order valence-corrected chi connectivity index (χ2v) is 7.18. The fourth-order valence-electron chi connectivity index (χ4n) is 3.58. The van der Waals surface area contributed by atoms with Crippen molar-refractivity contribution in [2.24, 2.45) is 11.1 Å². The van der Waals surface area contributed by atoms with Gasteiger partial charge in [0.2, 0.25) is 0 Å². The fraction of sp³-hybridized carbons (Fsp3) is 0.824. The molecular formula is C17H31N3. The molecule has 2 rings (SSSR count). The number of hydrogen-bond donors (Lipinski definition) is 1. The van der Waals surface area contributed by atoms with Crippen LogP contribution in [0.5, 0.6) is 0 Å². The van der Waals surface area contributed by atoms with Gasteiger partial charge >= 0.3 is 0 Å². The SMILES string of the molecule is CCC(CC)n1ccc(CC2(N)CCCCC2(C)C)n1. The molecule has 1 aliphatic rings. The second kappa shape index (κ2) is 5.88. The Morgan fingerprint density at radius 2 is 1.90 bits per heavy atom. The largest absolute Gasteiger partial charge is 0.324 e. The van der Waals surface area contributed by atoms with E-state index in [9.17, 15) is 0 Å². The third kappa shape index (κ3) is 2.93. The van der Waals surface area contributed by atoms with Crippen LogP contribution in [0.4, 0.5) is 0 Å². The quantitative estimate of drug-likeness (QED) is 0.881. The maximum atomic E-state index is 6.77. The summed E-state index contributed by atoms with van der Waals surface area (Å²) < 4.78 is 2.13.